The normalized spacial score (nSPS) is 13.4. The van der Waals surface area contributed by atoms with Crippen molar-refractivity contribution in [1.82, 2.24) is 10.6 Å². The molecule has 18 heavy (non-hydrogen) atoms. The van der Waals surface area contributed by atoms with E-state index in [4.69, 9.17) is 15.6 Å². The molecular weight excluding hydrogens is 242 g/mol. The van der Waals surface area contributed by atoms with Crippen molar-refractivity contribution in [2.75, 3.05) is 13.7 Å². The minimum absolute atomic E-state index is 0.224. The molecule has 3 amide bonds. The summed E-state index contributed by atoms with van der Waals surface area (Å²) in [7, 11) is 1.50. The van der Waals surface area contributed by atoms with E-state index in [1.807, 2.05) is 6.92 Å². The lowest BCUT2D eigenvalue weighted by molar-refractivity contribution is -0.140. The van der Waals surface area contributed by atoms with Gasteiger partial charge in [0.2, 0.25) is 5.91 Å². The Balaban J connectivity index is 4.32. The van der Waals surface area contributed by atoms with Gasteiger partial charge in [-0.05, 0) is 6.42 Å². The molecule has 0 aliphatic carbocycles. The first-order valence-electron chi connectivity index (χ1n) is 5.47. The van der Waals surface area contributed by atoms with Crippen molar-refractivity contribution >= 4 is 17.9 Å². The number of nitrogens with two attached hydrogens (primary N) is 1. The third-order valence-corrected chi connectivity index (χ3v) is 2.20. The van der Waals surface area contributed by atoms with Gasteiger partial charge in [0.25, 0.3) is 0 Å². The largest absolute Gasteiger partial charge is 0.480 e. The number of hydrogen-bond acceptors (Lipinski definition) is 4. The maximum atomic E-state index is 11.5. The molecule has 0 saturated heterocycles. The summed E-state index contributed by atoms with van der Waals surface area (Å²) in [5.74, 6) is -2.12. The standard InChI is InChI=1S/C10H19N3O5/c1-3-6(5-18-2)12-10(17)13-7(9(15)16)4-8(11)14/h6-7H,3-5H2,1-2H3,(H2,11,14)(H,15,16)(H2,12,13,17)/t6?,7-/m1/s1. The van der Waals surface area contributed by atoms with Gasteiger partial charge in [-0.3, -0.25) is 4.79 Å². The Morgan fingerprint density at radius 2 is 1.94 bits per heavy atom. The zero-order valence-electron chi connectivity index (χ0n) is 10.4. The lowest BCUT2D eigenvalue weighted by Gasteiger charge is -2.18. The number of ether oxygens (including phenoxy) is 1. The number of hydrogen-bond donors (Lipinski definition) is 4. The monoisotopic (exact) mass is 261 g/mol. The second kappa shape index (κ2) is 8.29. The highest BCUT2D eigenvalue weighted by Crippen LogP contribution is 1.94. The number of nitrogens with one attached hydrogen (secondary N) is 2. The zero-order chi connectivity index (χ0) is 14.1. The maximum Gasteiger partial charge on any atom is 0.326 e. The van der Waals surface area contributed by atoms with Crippen LogP contribution in [0.4, 0.5) is 4.79 Å². The van der Waals surface area contributed by atoms with E-state index in [1.54, 1.807) is 0 Å². The number of primary amides is 1. The molecule has 0 aromatic heterocycles. The quantitative estimate of drug-likeness (QED) is 0.447. The van der Waals surface area contributed by atoms with Crippen molar-refractivity contribution in [2.24, 2.45) is 5.73 Å². The van der Waals surface area contributed by atoms with Crippen molar-refractivity contribution in [3.05, 3.63) is 0 Å². The molecule has 0 rings (SSSR count). The minimum Gasteiger partial charge on any atom is -0.480 e. The molecule has 104 valence electrons. The second-order valence-electron chi connectivity index (χ2n) is 3.74. The number of aliphatic carboxylic acids is 1. The number of carboxylic acid groups (broad SMARTS) is 1. The summed E-state index contributed by atoms with van der Waals surface area (Å²) in [5.41, 5.74) is 4.89. The summed E-state index contributed by atoms with van der Waals surface area (Å²) in [5, 5.41) is 13.5. The molecule has 0 fully saturated rings. The van der Waals surface area contributed by atoms with Crippen LogP contribution in [-0.4, -0.2) is 48.8 Å². The smallest absolute Gasteiger partial charge is 0.326 e. The number of methoxy groups -OCH3 is 1. The fourth-order valence-electron chi connectivity index (χ4n) is 1.25. The van der Waals surface area contributed by atoms with Crippen LogP contribution in [0.15, 0.2) is 0 Å². The summed E-state index contributed by atoms with van der Waals surface area (Å²) < 4.78 is 4.88. The first-order chi connectivity index (χ1) is 8.40. The van der Waals surface area contributed by atoms with Crippen LogP contribution in [0.1, 0.15) is 19.8 Å². The molecule has 0 heterocycles. The van der Waals surface area contributed by atoms with E-state index in [0.29, 0.717) is 13.0 Å². The third kappa shape index (κ3) is 6.69. The van der Waals surface area contributed by atoms with E-state index in [0.717, 1.165) is 0 Å². The first-order valence-corrected chi connectivity index (χ1v) is 5.47. The summed E-state index contributed by atoms with van der Waals surface area (Å²) in [6, 6.07) is -2.23. The fourth-order valence-corrected chi connectivity index (χ4v) is 1.25. The van der Waals surface area contributed by atoms with Gasteiger partial charge in [0, 0.05) is 7.11 Å². The Morgan fingerprint density at radius 3 is 2.33 bits per heavy atom. The molecule has 0 spiro atoms. The molecule has 0 bridgehead atoms. The Bertz CT molecular complexity index is 308. The van der Waals surface area contributed by atoms with E-state index in [-0.39, 0.29) is 6.04 Å². The maximum absolute atomic E-state index is 11.5. The molecular formula is C10H19N3O5. The molecule has 0 aliphatic heterocycles. The number of carbonyl (C=O) groups is 3. The molecule has 0 radical (unpaired) electrons. The van der Waals surface area contributed by atoms with Gasteiger partial charge in [-0.2, -0.15) is 0 Å². The Labute approximate surface area is 105 Å². The SMILES string of the molecule is CCC(COC)NC(=O)N[C@H](CC(N)=O)C(=O)O. The average molecular weight is 261 g/mol. The topological polar surface area (TPSA) is 131 Å². The molecule has 0 aliphatic rings. The van der Waals surface area contributed by atoms with Crippen molar-refractivity contribution in [3.63, 3.8) is 0 Å². The lowest BCUT2D eigenvalue weighted by atomic mass is 10.2. The van der Waals surface area contributed by atoms with Crippen LogP contribution in [0.2, 0.25) is 0 Å². The number of urea groups is 1. The van der Waals surface area contributed by atoms with E-state index in [2.05, 4.69) is 10.6 Å². The molecule has 0 aromatic carbocycles. The van der Waals surface area contributed by atoms with Gasteiger partial charge in [-0.25, -0.2) is 9.59 Å². The number of amides is 3. The summed E-state index contributed by atoms with van der Waals surface area (Å²) in [6.07, 6.45) is 0.179. The van der Waals surface area contributed by atoms with Crippen LogP contribution in [0, 0.1) is 0 Å². The van der Waals surface area contributed by atoms with Gasteiger partial charge < -0.3 is 26.2 Å². The lowest BCUT2D eigenvalue weighted by Crippen LogP contribution is -2.50. The van der Waals surface area contributed by atoms with Crippen molar-refractivity contribution < 1.29 is 24.2 Å². The Morgan fingerprint density at radius 1 is 1.33 bits per heavy atom. The van der Waals surface area contributed by atoms with Gasteiger partial charge in [0.05, 0.1) is 19.1 Å². The van der Waals surface area contributed by atoms with E-state index >= 15 is 0 Å². The first kappa shape index (κ1) is 16.2. The average Bonchev–Trinajstić information content (AvgIpc) is 2.26. The Kier molecular flexibility index (Phi) is 7.45. The molecule has 8 nitrogen and oxygen atoms in total. The van der Waals surface area contributed by atoms with E-state index < -0.39 is 30.4 Å². The molecule has 5 N–H and O–H groups in total. The van der Waals surface area contributed by atoms with Crippen molar-refractivity contribution in [2.45, 2.75) is 31.8 Å². The molecule has 0 saturated carbocycles. The summed E-state index contributed by atoms with van der Waals surface area (Å²) >= 11 is 0. The van der Waals surface area contributed by atoms with Crippen LogP contribution < -0.4 is 16.4 Å². The van der Waals surface area contributed by atoms with Gasteiger partial charge in [-0.15, -0.1) is 0 Å². The summed E-state index contributed by atoms with van der Waals surface area (Å²) in [4.78, 5) is 32.9. The predicted molar refractivity (Wildman–Crippen MR) is 62.9 cm³/mol. The predicted octanol–water partition coefficient (Wildman–Crippen LogP) is -0.961. The number of rotatable bonds is 8. The van der Waals surface area contributed by atoms with Crippen molar-refractivity contribution in [3.8, 4) is 0 Å². The summed E-state index contributed by atoms with van der Waals surface area (Å²) in [6.45, 7) is 2.17. The second-order valence-corrected chi connectivity index (χ2v) is 3.74. The van der Waals surface area contributed by atoms with E-state index in [9.17, 15) is 14.4 Å². The zero-order valence-corrected chi connectivity index (χ0v) is 10.4. The van der Waals surface area contributed by atoms with E-state index in [1.165, 1.54) is 7.11 Å². The van der Waals surface area contributed by atoms with Crippen LogP contribution in [0.5, 0.6) is 0 Å². The minimum atomic E-state index is -1.33. The van der Waals surface area contributed by atoms with Gasteiger partial charge in [0.1, 0.15) is 6.04 Å². The Hall–Kier alpha value is -1.83. The molecule has 2 atom stereocenters. The van der Waals surface area contributed by atoms with Gasteiger partial charge in [-0.1, -0.05) is 6.92 Å². The van der Waals surface area contributed by atoms with Crippen LogP contribution in [0.3, 0.4) is 0 Å². The highest BCUT2D eigenvalue weighted by Gasteiger charge is 2.22. The van der Waals surface area contributed by atoms with Gasteiger partial charge in [0.15, 0.2) is 0 Å². The van der Waals surface area contributed by atoms with Crippen LogP contribution in [-0.2, 0) is 14.3 Å². The highest BCUT2D eigenvalue weighted by atomic mass is 16.5. The molecule has 8 heteroatoms. The van der Waals surface area contributed by atoms with Crippen molar-refractivity contribution in [1.29, 1.82) is 0 Å². The molecule has 1 unspecified atom stereocenters. The van der Waals surface area contributed by atoms with Crippen LogP contribution >= 0.6 is 0 Å². The van der Waals surface area contributed by atoms with Crippen LogP contribution in [0.25, 0.3) is 0 Å². The highest BCUT2D eigenvalue weighted by molar-refractivity contribution is 5.87. The number of carboxylic acids is 1. The molecule has 0 aromatic rings. The fraction of sp³-hybridized carbons (Fsp3) is 0.700. The number of carbonyl (C=O) groups excluding carboxylic acids is 2. The third-order valence-electron chi connectivity index (χ3n) is 2.20. The van der Waals surface area contributed by atoms with Gasteiger partial charge >= 0.3 is 12.0 Å².